The van der Waals surface area contributed by atoms with E-state index < -0.39 is 17.3 Å². The number of nitrogens with two attached hydrogens (primary N) is 1. The highest BCUT2D eigenvalue weighted by atomic mass is 19.1. The standard InChI is InChI=1S/C24H20FN7O3/c1-24(2,34)6-5-13-10-15-17(11-16(13)25)35-9-8-32-19(18(20(26)33)28-23(15)32)22-29-21(30-31-22)14-4-3-7-27-12-14/h3-4,7,10-12,34H,8-9H2,1-2H3,(H2,26,33)(H,29,30,31). The van der Waals surface area contributed by atoms with E-state index in [1.54, 1.807) is 29.1 Å². The molecule has 1 aromatic carbocycles. The molecule has 3 aromatic heterocycles. The SMILES string of the molecule is CC(C)(O)C#Cc1cc2c(cc1F)OCCn1c-2nc(C(N)=O)c1-c1nc(-c2cccnc2)n[nH]1. The van der Waals surface area contributed by atoms with E-state index >= 15 is 0 Å². The number of nitrogens with zero attached hydrogens (tertiary/aromatic N) is 5. The molecule has 0 bridgehead atoms. The van der Waals surface area contributed by atoms with Gasteiger partial charge in [-0.3, -0.25) is 14.9 Å². The van der Waals surface area contributed by atoms with Gasteiger partial charge in [0.15, 0.2) is 17.3 Å². The molecule has 5 rings (SSSR count). The highest BCUT2D eigenvalue weighted by Crippen LogP contribution is 2.37. The Morgan fingerprint density at radius 3 is 2.89 bits per heavy atom. The molecular weight excluding hydrogens is 453 g/mol. The summed E-state index contributed by atoms with van der Waals surface area (Å²) in [4.78, 5) is 25.4. The Bertz CT molecular complexity index is 1510. The fourth-order valence-corrected chi connectivity index (χ4v) is 3.69. The Morgan fingerprint density at radius 1 is 1.34 bits per heavy atom. The third kappa shape index (κ3) is 4.22. The van der Waals surface area contributed by atoms with E-state index in [0.29, 0.717) is 28.5 Å². The molecule has 4 heterocycles. The van der Waals surface area contributed by atoms with Crippen LogP contribution in [0.25, 0.3) is 34.3 Å². The van der Waals surface area contributed by atoms with Crippen LogP contribution in [0.4, 0.5) is 4.39 Å². The number of amides is 1. The fourth-order valence-electron chi connectivity index (χ4n) is 3.69. The Balaban J connectivity index is 1.68. The minimum absolute atomic E-state index is 0.0183. The van der Waals surface area contributed by atoms with Crippen LogP contribution in [0, 0.1) is 17.7 Å². The second-order valence-corrected chi connectivity index (χ2v) is 8.38. The topological polar surface area (TPSA) is 145 Å². The average molecular weight is 473 g/mol. The second-order valence-electron chi connectivity index (χ2n) is 8.38. The summed E-state index contributed by atoms with van der Waals surface area (Å²) in [6.45, 7) is 3.47. The average Bonchev–Trinajstić information content (AvgIpc) is 3.40. The van der Waals surface area contributed by atoms with Crippen LogP contribution in [-0.2, 0) is 6.54 Å². The molecular formula is C24H20FN7O3. The maximum atomic E-state index is 14.7. The van der Waals surface area contributed by atoms with Crippen molar-refractivity contribution in [3.8, 4) is 51.9 Å². The first kappa shape index (κ1) is 22.2. The van der Waals surface area contributed by atoms with Crippen LogP contribution in [-0.4, -0.2) is 52.9 Å². The Labute approximate surface area is 199 Å². The molecule has 0 fully saturated rings. The van der Waals surface area contributed by atoms with Crippen LogP contribution in [0.2, 0.25) is 0 Å². The highest BCUT2D eigenvalue weighted by Gasteiger charge is 2.29. The molecule has 176 valence electrons. The normalized spacial score (nSPS) is 12.6. The number of benzene rings is 1. The van der Waals surface area contributed by atoms with Crippen molar-refractivity contribution in [2.75, 3.05) is 6.61 Å². The second kappa shape index (κ2) is 8.34. The first-order chi connectivity index (χ1) is 16.7. The van der Waals surface area contributed by atoms with Crippen LogP contribution < -0.4 is 10.5 Å². The summed E-state index contributed by atoms with van der Waals surface area (Å²) >= 11 is 0. The molecule has 1 aliphatic rings. The minimum Gasteiger partial charge on any atom is -0.491 e. The van der Waals surface area contributed by atoms with Crippen molar-refractivity contribution in [1.29, 1.82) is 0 Å². The van der Waals surface area contributed by atoms with Gasteiger partial charge in [-0.2, -0.15) is 5.10 Å². The van der Waals surface area contributed by atoms with Gasteiger partial charge in [0, 0.05) is 24.0 Å². The molecule has 0 saturated heterocycles. The molecule has 1 aliphatic heterocycles. The number of carbonyl (C=O) groups is 1. The summed E-state index contributed by atoms with van der Waals surface area (Å²) in [5.41, 5.74) is 5.82. The molecule has 0 aliphatic carbocycles. The zero-order valence-electron chi connectivity index (χ0n) is 18.8. The van der Waals surface area contributed by atoms with Gasteiger partial charge in [-0.1, -0.05) is 11.8 Å². The van der Waals surface area contributed by atoms with Gasteiger partial charge in [-0.25, -0.2) is 14.4 Å². The monoisotopic (exact) mass is 473 g/mol. The number of ether oxygens (including phenoxy) is 1. The first-order valence-corrected chi connectivity index (χ1v) is 10.7. The number of hydrogen-bond acceptors (Lipinski definition) is 7. The predicted molar refractivity (Wildman–Crippen MR) is 123 cm³/mol. The van der Waals surface area contributed by atoms with Gasteiger partial charge in [0.05, 0.1) is 17.7 Å². The summed E-state index contributed by atoms with van der Waals surface area (Å²) in [7, 11) is 0. The number of aliphatic hydroxyl groups is 1. The van der Waals surface area contributed by atoms with Gasteiger partial charge in [0.25, 0.3) is 5.91 Å². The summed E-state index contributed by atoms with van der Waals surface area (Å²) < 4.78 is 22.2. The molecule has 4 aromatic rings. The van der Waals surface area contributed by atoms with Gasteiger partial charge >= 0.3 is 0 Å². The largest absolute Gasteiger partial charge is 0.491 e. The predicted octanol–water partition coefficient (Wildman–Crippen LogP) is 2.15. The number of rotatable bonds is 3. The zero-order valence-corrected chi connectivity index (χ0v) is 18.8. The molecule has 35 heavy (non-hydrogen) atoms. The first-order valence-electron chi connectivity index (χ1n) is 10.7. The molecule has 0 unspecified atom stereocenters. The molecule has 0 atom stereocenters. The number of H-pyrrole nitrogens is 1. The van der Waals surface area contributed by atoms with Crippen molar-refractivity contribution >= 4 is 5.91 Å². The Hall–Kier alpha value is -4.56. The van der Waals surface area contributed by atoms with E-state index in [1.165, 1.54) is 26.0 Å². The maximum Gasteiger partial charge on any atom is 0.269 e. The summed E-state index contributed by atoms with van der Waals surface area (Å²) in [5.74, 6) is 5.15. The quantitative estimate of drug-likeness (QED) is 0.387. The van der Waals surface area contributed by atoms with Crippen molar-refractivity contribution in [1.82, 2.24) is 29.7 Å². The minimum atomic E-state index is -1.31. The van der Waals surface area contributed by atoms with E-state index in [0.717, 1.165) is 0 Å². The van der Waals surface area contributed by atoms with Crippen LogP contribution in [0.3, 0.4) is 0 Å². The molecule has 1 amide bonds. The van der Waals surface area contributed by atoms with Crippen LogP contribution in [0.5, 0.6) is 5.75 Å². The molecule has 10 nitrogen and oxygen atoms in total. The number of aromatic nitrogens is 6. The van der Waals surface area contributed by atoms with Crippen molar-refractivity contribution in [2.45, 2.75) is 26.0 Å². The fraction of sp³-hybridized carbons (Fsp3) is 0.208. The van der Waals surface area contributed by atoms with E-state index in [2.05, 4.69) is 37.0 Å². The lowest BCUT2D eigenvalue weighted by Gasteiger charge is -2.09. The lowest BCUT2D eigenvalue weighted by atomic mass is 10.1. The number of halogens is 1. The van der Waals surface area contributed by atoms with E-state index in [1.807, 2.05) is 0 Å². The van der Waals surface area contributed by atoms with Crippen molar-refractivity contribution in [3.63, 3.8) is 0 Å². The van der Waals surface area contributed by atoms with Gasteiger partial charge < -0.3 is 20.1 Å². The number of aromatic amines is 1. The third-order valence-electron chi connectivity index (χ3n) is 5.22. The lowest BCUT2D eigenvalue weighted by molar-refractivity contribution is 0.0996. The van der Waals surface area contributed by atoms with Crippen molar-refractivity contribution in [2.24, 2.45) is 5.73 Å². The molecule has 0 radical (unpaired) electrons. The van der Waals surface area contributed by atoms with Gasteiger partial charge in [-0.05, 0) is 32.0 Å². The molecule has 0 saturated carbocycles. The molecule has 4 N–H and O–H groups in total. The van der Waals surface area contributed by atoms with Gasteiger partial charge in [0.1, 0.15) is 35.3 Å². The zero-order chi connectivity index (χ0) is 24.7. The third-order valence-corrected chi connectivity index (χ3v) is 5.22. The molecule has 11 heteroatoms. The smallest absolute Gasteiger partial charge is 0.269 e. The Morgan fingerprint density at radius 2 is 2.17 bits per heavy atom. The van der Waals surface area contributed by atoms with E-state index in [9.17, 15) is 14.3 Å². The van der Waals surface area contributed by atoms with Gasteiger partial charge in [0.2, 0.25) is 0 Å². The van der Waals surface area contributed by atoms with Gasteiger partial charge in [-0.15, -0.1) is 0 Å². The number of imidazole rings is 1. The number of pyridine rings is 1. The summed E-state index contributed by atoms with van der Waals surface area (Å²) in [6, 6.07) is 6.26. The molecule has 0 spiro atoms. The number of primary amides is 1. The number of carbonyl (C=O) groups excluding carboxylic acids is 1. The van der Waals surface area contributed by atoms with Crippen LogP contribution in [0.1, 0.15) is 29.9 Å². The summed E-state index contributed by atoms with van der Waals surface area (Å²) in [5, 5.41) is 17.0. The number of nitrogens with one attached hydrogen (secondary N) is 1. The lowest BCUT2D eigenvalue weighted by Crippen LogP contribution is -2.15. The maximum absolute atomic E-state index is 14.7. The van der Waals surface area contributed by atoms with Crippen molar-refractivity contribution < 1.29 is 19.0 Å². The highest BCUT2D eigenvalue weighted by molar-refractivity contribution is 5.97. The number of fused-ring (bicyclic) bond motifs is 3. The van der Waals surface area contributed by atoms with Crippen molar-refractivity contribution in [3.05, 3.63) is 53.7 Å². The summed E-state index contributed by atoms with van der Waals surface area (Å²) in [6.07, 6.45) is 3.26. The number of hydrogen-bond donors (Lipinski definition) is 3. The Kier molecular flexibility index (Phi) is 5.30. The van der Waals surface area contributed by atoms with E-state index in [-0.39, 0.29) is 36.0 Å². The van der Waals surface area contributed by atoms with Crippen LogP contribution in [0.15, 0.2) is 36.7 Å². The van der Waals surface area contributed by atoms with E-state index in [4.69, 9.17) is 10.5 Å². The van der Waals surface area contributed by atoms with Crippen LogP contribution >= 0.6 is 0 Å².